The molecule has 0 amide bonds. The van der Waals surface area contributed by atoms with E-state index in [1.807, 2.05) is 0 Å². The molecule has 2 aliphatic rings. The van der Waals surface area contributed by atoms with Crippen molar-refractivity contribution in [1.82, 2.24) is 0 Å². The molecular weight excluding hydrogens is 367 g/mol. The average Bonchev–Trinajstić information content (AvgIpc) is 2.66. The number of alkyl halides is 2. The van der Waals surface area contributed by atoms with Crippen LogP contribution >= 0.6 is 0 Å². The highest BCUT2D eigenvalue weighted by atomic mass is 19.3. The zero-order valence-corrected chi connectivity index (χ0v) is 15.3. The van der Waals surface area contributed by atoms with E-state index >= 15 is 0 Å². The summed E-state index contributed by atoms with van der Waals surface area (Å²) in [5, 5.41) is 0. The largest absolute Gasteiger partial charge is 0.432 e. The van der Waals surface area contributed by atoms with Crippen molar-refractivity contribution in [1.29, 1.82) is 0 Å². The highest BCUT2D eigenvalue weighted by Crippen LogP contribution is 2.43. The van der Waals surface area contributed by atoms with Crippen LogP contribution in [-0.4, -0.2) is 18.8 Å². The minimum Gasteiger partial charge on any atom is -0.432 e. The maximum Gasteiger partial charge on any atom is 0.400 e. The first-order chi connectivity index (χ1) is 12.8. The summed E-state index contributed by atoms with van der Waals surface area (Å²) in [6.45, 7) is 2.88. The molecule has 1 aliphatic carbocycles. The van der Waals surface area contributed by atoms with E-state index in [9.17, 15) is 22.0 Å². The van der Waals surface area contributed by atoms with Crippen LogP contribution in [-0.2, 0) is 4.74 Å². The second-order valence-corrected chi connectivity index (χ2v) is 7.70. The zero-order valence-electron chi connectivity index (χ0n) is 15.3. The molecular formula is C20H25F5O2. The Bertz CT molecular complexity index is 612. The Hall–Kier alpha value is -1.37. The first kappa shape index (κ1) is 20.4. The number of rotatable bonds is 5. The molecule has 7 heteroatoms. The molecule has 0 spiro atoms. The third-order valence-electron chi connectivity index (χ3n) is 5.97. The lowest BCUT2D eigenvalue weighted by Gasteiger charge is -2.39. The van der Waals surface area contributed by atoms with E-state index < -0.39 is 35.2 Å². The van der Waals surface area contributed by atoms with Gasteiger partial charge in [-0.15, -0.1) is 0 Å². The first-order valence-electron chi connectivity index (χ1n) is 9.63. The van der Waals surface area contributed by atoms with Crippen molar-refractivity contribution in [2.45, 2.75) is 64.1 Å². The minimum absolute atomic E-state index is 0.128. The van der Waals surface area contributed by atoms with Crippen LogP contribution in [0.1, 0.15) is 51.9 Å². The van der Waals surface area contributed by atoms with Crippen molar-refractivity contribution in [2.24, 2.45) is 17.8 Å². The zero-order chi connectivity index (χ0) is 19.6. The number of hydrogen-bond donors (Lipinski definition) is 0. The Labute approximate surface area is 156 Å². The molecule has 1 saturated heterocycles. The molecule has 1 aliphatic heterocycles. The summed E-state index contributed by atoms with van der Waals surface area (Å²) < 4.78 is 78.7. The molecule has 2 nitrogen and oxygen atoms in total. The van der Waals surface area contributed by atoms with Crippen molar-refractivity contribution >= 4 is 0 Å². The third kappa shape index (κ3) is 4.73. The summed E-state index contributed by atoms with van der Waals surface area (Å²) in [7, 11) is 0. The highest BCUT2D eigenvalue weighted by molar-refractivity contribution is 5.25. The lowest BCUT2D eigenvalue weighted by atomic mass is 9.76. The monoisotopic (exact) mass is 392 g/mol. The molecule has 27 heavy (non-hydrogen) atoms. The van der Waals surface area contributed by atoms with Gasteiger partial charge in [0.1, 0.15) is 5.75 Å². The smallest absolute Gasteiger partial charge is 0.400 e. The minimum atomic E-state index is -3.57. The Kier molecular flexibility index (Phi) is 6.28. The fraction of sp³-hybridized carbons (Fsp3) is 0.700. The second kappa shape index (κ2) is 8.33. The van der Waals surface area contributed by atoms with E-state index in [0.29, 0.717) is 30.9 Å². The third-order valence-corrected chi connectivity index (χ3v) is 5.97. The van der Waals surface area contributed by atoms with E-state index in [-0.39, 0.29) is 24.9 Å². The van der Waals surface area contributed by atoms with Crippen LogP contribution in [0.3, 0.4) is 0 Å². The van der Waals surface area contributed by atoms with Crippen molar-refractivity contribution in [3.8, 4) is 5.75 Å². The van der Waals surface area contributed by atoms with Crippen LogP contribution in [0.15, 0.2) is 12.1 Å². The molecule has 2 fully saturated rings. The van der Waals surface area contributed by atoms with Crippen LogP contribution in [0.25, 0.3) is 0 Å². The van der Waals surface area contributed by atoms with E-state index in [1.165, 1.54) is 0 Å². The molecule has 0 N–H and O–H groups in total. The number of ether oxygens (including phenoxy) is 2. The van der Waals surface area contributed by atoms with Gasteiger partial charge in [0, 0.05) is 18.7 Å². The molecule has 0 aromatic heterocycles. The predicted octanol–water partition coefficient (Wildman–Crippen LogP) is 6.09. The summed E-state index contributed by atoms with van der Waals surface area (Å²) in [6, 6.07) is 0.885. The molecule has 1 heterocycles. The van der Waals surface area contributed by atoms with Gasteiger partial charge < -0.3 is 9.47 Å². The molecule has 0 radical (unpaired) electrons. The topological polar surface area (TPSA) is 18.5 Å². The summed E-state index contributed by atoms with van der Waals surface area (Å²) >= 11 is 0. The molecule has 1 aromatic rings. The molecule has 152 valence electrons. The van der Waals surface area contributed by atoms with Gasteiger partial charge in [0.15, 0.2) is 17.5 Å². The molecule has 2 atom stereocenters. The maximum atomic E-state index is 14.4. The van der Waals surface area contributed by atoms with Crippen LogP contribution in [0.4, 0.5) is 22.0 Å². The van der Waals surface area contributed by atoms with E-state index in [0.717, 1.165) is 25.9 Å². The Morgan fingerprint density at radius 3 is 2.15 bits per heavy atom. The van der Waals surface area contributed by atoms with E-state index in [1.54, 1.807) is 0 Å². The van der Waals surface area contributed by atoms with Gasteiger partial charge in [-0.1, -0.05) is 13.3 Å². The van der Waals surface area contributed by atoms with Gasteiger partial charge in [-0.2, -0.15) is 8.78 Å². The predicted molar refractivity (Wildman–Crippen MR) is 90.1 cm³/mol. The van der Waals surface area contributed by atoms with Gasteiger partial charge in [-0.25, -0.2) is 13.2 Å². The summed E-state index contributed by atoms with van der Waals surface area (Å²) in [6.07, 6.45) is 1.45. The Balaban J connectivity index is 1.55. The fourth-order valence-corrected chi connectivity index (χ4v) is 4.18. The summed E-state index contributed by atoms with van der Waals surface area (Å²) in [5.41, 5.74) is 0. The fourth-order valence-electron chi connectivity index (χ4n) is 4.18. The summed E-state index contributed by atoms with van der Waals surface area (Å²) in [4.78, 5) is 0. The highest BCUT2D eigenvalue weighted by Gasteiger charge is 2.45. The van der Waals surface area contributed by atoms with Crippen molar-refractivity contribution in [2.75, 3.05) is 6.61 Å². The van der Waals surface area contributed by atoms with Crippen molar-refractivity contribution < 1.29 is 31.4 Å². The summed E-state index contributed by atoms with van der Waals surface area (Å²) in [5.74, 6) is -5.71. The molecule has 0 bridgehead atoms. The second-order valence-electron chi connectivity index (χ2n) is 7.70. The molecule has 0 unspecified atom stereocenters. The van der Waals surface area contributed by atoms with Gasteiger partial charge >= 0.3 is 6.11 Å². The van der Waals surface area contributed by atoms with Gasteiger partial charge in [0.25, 0.3) is 0 Å². The quantitative estimate of drug-likeness (QED) is 0.446. The van der Waals surface area contributed by atoms with Gasteiger partial charge in [-0.3, -0.25) is 0 Å². The van der Waals surface area contributed by atoms with Gasteiger partial charge in [0.05, 0.1) is 12.0 Å². The standard InChI is InChI=1S/C20H25F5O2/c1-2-12-3-8-18(26-11-12)13-4-6-14(7-5-13)20(24,25)27-15-9-16(21)19(23)17(22)10-15/h9-10,12-14,18H,2-8,11H2,1H3/t12-,13?,14?,18+/m1/s1. The molecule has 3 rings (SSSR count). The first-order valence-corrected chi connectivity index (χ1v) is 9.63. The van der Waals surface area contributed by atoms with Crippen molar-refractivity contribution in [3.05, 3.63) is 29.6 Å². The van der Waals surface area contributed by atoms with E-state index in [4.69, 9.17) is 4.74 Å². The molecule has 1 aromatic carbocycles. The normalized spacial score (nSPS) is 29.6. The Morgan fingerprint density at radius 1 is 1.00 bits per heavy atom. The van der Waals surface area contributed by atoms with Crippen LogP contribution in [0.5, 0.6) is 5.75 Å². The lowest BCUT2D eigenvalue weighted by molar-refractivity contribution is -0.225. The Morgan fingerprint density at radius 2 is 1.63 bits per heavy atom. The maximum absolute atomic E-state index is 14.4. The van der Waals surface area contributed by atoms with Crippen LogP contribution in [0, 0.1) is 35.2 Å². The van der Waals surface area contributed by atoms with E-state index in [2.05, 4.69) is 11.7 Å². The van der Waals surface area contributed by atoms with Crippen LogP contribution < -0.4 is 4.74 Å². The number of hydrogen-bond acceptors (Lipinski definition) is 2. The van der Waals surface area contributed by atoms with Gasteiger partial charge in [-0.05, 0) is 50.4 Å². The van der Waals surface area contributed by atoms with Gasteiger partial charge in [0.2, 0.25) is 0 Å². The lowest BCUT2D eigenvalue weighted by Crippen LogP contribution is -2.40. The number of benzene rings is 1. The SMILES string of the molecule is CC[C@@H]1CC[C@@H](C2CCC(C(F)(F)Oc3cc(F)c(F)c(F)c3)CC2)OC1. The van der Waals surface area contributed by atoms with Crippen LogP contribution in [0.2, 0.25) is 0 Å². The van der Waals surface area contributed by atoms with Crippen molar-refractivity contribution in [3.63, 3.8) is 0 Å². The number of halogens is 5. The molecule has 1 saturated carbocycles. The average molecular weight is 392 g/mol.